The minimum Gasteiger partial charge on any atom is -0.460 e. The molecule has 0 aliphatic rings. The molecule has 0 spiro atoms. The predicted molar refractivity (Wildman–Crippen MR) is 53.9 cm³/mol. The summed E-state index contributed by atoms with van der Waals surface area (Å²) in [4.78, 5) is 11.1. The maximum Gasteiger partial charge on any atom is 0.170 e. The lowest BCUT2D eigenvalue weighted by Gasteiger charge is -1.94. The number of ketones is 1. The summed E-state index contributed by atoms with van der Waals surface area (Å²) in [5.74, 6) is -0.608. The number of hydrogen-bond acceptors (Lipinski definition) is 2. The van der Waals surface area contributed by atoms with E-state index in [1.54, 1.807) is 6.07 Å². The average molecular weight is 257 g/mol. The van der Waals surface area contributed by atoms with Crippen molar-refractivity contribution in [2.24, 2.45) is 0 Å². The topological polar surface area (TPSA) is 30.2 Å². The Hall–Kier alpha value is -1.16. The molecule has 2 nitrogen and oxygen atoms in total. The van der Waals surface area contributed by atoms with Crippen molar-refractivity contribution in [1.82, 2.24) is 0 Å². The van der Waals surface area contributed by atoms with Gasteiger partial charge < -0.3 is 4.42 Å². The zero-order valence-corrected chi connectivity index (χ0v) is 8.89. The maximum absolute atomic E-state index is 13.3. The van der Waals surface area contributed by atoms with Crippen molar-refractivity contribution in [2.45, 2.75) is 6.92 Å². The molecule has 0 fully saturated rings. The molecule has 72 valence electrons. The first-order valence-electron chi connectivity index (χ1n) is 3.97. The lowest BCUT2D eigenvalue weighted by Crippen LogP contribution is -1.89. The Morgan fingerprint density at radius 1 is 1.50 bits per heavy atom. The number of fused-ring (bicyclic) bond motifs is 1. The van der Waals surface area contributed by atoms with E-state index >= 15 is 0 Å². The largest absolute Gasteiger partial charge is 0.460 e. The van der Waals surface area contributed by atoms with Crippen LogP contribution in [0.4, 0.5) is 4.39 Å². The van der Waals surface area contributed by atoms with Crippen molar-refractivity contribution in [3.63, 3.8) is 0 Å². The molecule has 0 radical (unpaired) electrons. The molecule has 1 heterocycles. The predicted octanol–water partition coefficient (Wildman–Crippen LogP) is 3.54. The first-order chi connectivity index (χ1) is 6.59. The third kappa shape index (κ3) is 1.35. The van der Waals surface area contributed by atoms with Crippen LogP contribution in [0, 0.1) is 5.82 Å². The van der Waals surface area contributed by atoms with Crippen molar-refractivity contribution < 1.29 is 13.6 Å². The highest BCUT2D eigenvalue weighted by atomic mass is 79.9. The van der Waals surface area contributed by atoms with Gasteiger partial charge in [-0.3, -0.25) is 4.79 Å². The molecule has 0 amide bonds. The van der Waals surface area contributed by atoms with E-state index in [9.17, 15) is 9.18 Å². The number of hydrogen-bond donors (Lipinski definition) is 0. The summed E-state index contributed by atoms with van der Waals surface area (Å²) in [6.45, 7) is 1.42. The van der Waals surface area contributed by atoms with Crippen LogP contribution in [0.25, 0.3) is 11.0 Å². The van der Waals surface area contributed by atoms with Gasteiger partial charge in [0.05, 0.1) is 5.56 Å². The summed E-state index contributed by atoms with van der Waals surface area (Å²) in [5.41, 5.74) is 0.526. The van der Waals surface area contributed by atoms with Crippen molar-refractivity contribution in [3.05, 3.63) is 34.2 Å². The van der Waals surface area contributed by atoms with E-state index in [4.69, 9.17) is 4.42 Å². The SMILES string of the molecule is CC(=O)c1coc2c(F)cc(Br)cc12. The van der Waals surface area contributed by atoms with E-state index in [2.05, 4.69) is 15.9 Å². The minimum absolute atomic E-state index is 0.124. The normalized spacial score (nSPS) is 10.8. The zero-order valence-electron chi connectivity index (χ0n) is 7.30. The van der Waals surface area contributed by atoms with Crippen LogP contribution in [-0.2, 0) is 0 Å². The van der Waals surface area contributed by atoms with Gasteiger partial charge in [0.1, 0.15) is 6.26 Å². The molecule has 4 heteroatoms. The highest BCUT2D eigenvalue weighted by Crippen LogP contribution is 2.27. The van der Waals surface area contributed by atoms with Gasteiger partial charge in [0.25, 0.3) is 0 Å². The molecule has 1 aromatic carbocycles. The van der Waals surface area contributed by atoms with Crippen molar-refractivity contribution >= 4 is 32.7 Å². The molecule has 0 aliphatic carbocycles. The van der Waals surface area contributed by atoms with Crippen LogP contribution in [0.15, 0.2) is 27.3 Å². The fourth-order valence-electron chi connectivity index (χ4n) is 1.33. The molecular formula is C10H6BrFO2. The summed E-state index contributed by atoms with van der Waals surface area (Å²) < 4.78 is 18.9. The van der Waals surface area contributed by atoms with Crippen LogP contribution in [0.2, 0.25) is 0 Å². The first-order valence-corrected chi connectivity index (χ1v) is 4.76. The van der Waals surface area contributed by atoms with Crippen molar-refractivity contribution in [2.75, 3.05) is 0 Å². The lowest BCUT2D eigenvalue weighted by atomic mass is 10.1. The third-order valence-corrected chi connectivity index (χ3v) is 2.43. The molecule has 0 bridgehead atoms. The standard InChI is InChI=1S/C10H6BrFO2/c1-5(13)8-4-14-10-7(8)2-6(11)3-9(10)12/h2-4H,1H3. The number of halogens is 2. The van der Waals surface area contributed by atoms with Crippen LogP contribution in [0.3, 0.4) is 0 Å². The fraction of sp³-hybridized carbons (Fsp3) is 0.100. The second-order valence-electron chi connectivity index (χ2n) is 2.97. The number of Topliss-reactive ketones (excluding diaryl/α,β-unsaturated/α-hetero) is 1. The van der Waals surface area contributed by atoms with Crippen molar-refractivity contribution in [1.29, 1.82) is 0 Å². The fourth-order valence-corrected chi connectivity index (χ4v) is 1.76. The molecule has 0 saturated carbocycles. The summed E-state index contributed by atoms with van der Waals surface area (Å²) in [6.07, 6.45) is 1.28. The number of benzene rings is 1. The Kier molecular flexibility index (Phi) is 2.15. The third-order valence-electron chi connectivity index (χ3n) is 1.97. The zero-order chi connectivity index (χ0) is 10.3. The van der Waals surface area contributed by atoms with Gasteiger partial charge in [0, 0.05) is 9.86 Å². The highest BCUT2D eigenvalue weighted by molar-refractivity contribution is 9.10. The van der Waals surface area contributed by atoms with E-state index in [-0.39, 0.29) is 11.4 Å². The van der Waals surface area contributed by atoms with Crippen LogP contribution in [0.1, 0.15) is 17.3 Å². The lowest BCUT2D eigenvalue weighted by molar-refractivity contribution is 0.101. The van der Waals surface area contributed by atoms with Gasteiger partial charge >= 0.3 is 0 Å². The Bertz CT molecular complexity index is 516. The molecule has 14 heavy (non-hydrogen) atoms. The number of furan rings is 1. The number of carbonyl (C=O) groups excluding carboxylic acids is 1. The second kappa shape index (κ2) is 3.20. The van der Waals surface area contributed by atoms with Gasteiger partial charge in [-0.1, -0.05) is 15.9 Å². The number of rotatable bonds is 1. The molecule has 2 aromatic rings. The maximum atomic E-state index is 13.3. The molecule has 0 saturated heterocycles. The molecular weight excluding hydrogens is 251 g/mol. The summed E-state index contributed by atoms with van der Waals surface area (Å²) in [7, 11) is 0. The van der Waals surface area contributed by atoms with Crippen LogP contribution in [-0.4, -0.2) is 5.78 Å². The monoisotopic (exact) mass is 256 g/mol. The highest BCUT2D eigenvalue weighted by Gasteiger charge is 2.13. The van der Waals surface area contributed by atoms with Gasteiger partial charge in [0.15, 0.2) is 17.2 Å². The molecule has 0 N–H and O–H groups in total. The molecule has 2 rings (SSSR count). The van der Waals surface area contributed by atoms with Gasteiger partial charge in [-0.25, -0.2) is 4.39 Å². The molecule has 0 atom stereocenters. The van der Waals surface area contributed by atoms with Crippen LogP contribution in [0.5, 0.6) is 0 Å². The van der Waals surface area contributed by atoms with E-state index < -0.39 is 5.82 Å². The smallest absolute Gasteiger partial charge is 0.170 e. The second-order valence-corrected chi connectivity index (χ2v) is 3.89. The Morgan fingerprint density at radius 2 is 2.21 bits per heavy atom. The minimum atomic E-state index is -0.470. The van der Waals surface area contributed by atoms with Crippen LogP contribution >= 0.6 is 15.9 Å². The summed E-state index contributed by atoms with van der Waals surface area (Å²) in [6, 6.07) is 2.97. The van der Waals surface area contributed by atoms with E-state index in [1.165, 1.54) is 19.3 Å². The van der Waals surface area contributed by atoms with Gasteiger partial charge in [-0.15, -0.1) is 0 Å². The molecule has 1 aromatic heterocycles. The number of carbonyl (C=O) groups is 1. The van der Waals surface area contributed by atoms with E-state index in [1.807, 2.05) is 0 Å². The first kappa shape index (κ1) is 9.40. The Balaban J connectivity index is 2.85. The van der Waals surface area contributed by atoms with Gasteiger partial charge in [-0.05, 0) is 19.1 Å². The summed E-state index contributed by atoms with van der Waals surface area (Å²) in [5, 5.41) is 0.504. The quantitative estimate of drug-likeness (QED) is 0.731. The average Bonchev–Trinajstić information content (AvgIpc) is 2.47. The van der Waals surface area contributed by atoms with Gasteiger partial charge in [0.2, 0.25) is 0 Å². The Labute approximate surface area is 87.8 Å². The van der Waals surface area contributed by atoms with Crippen LogP contribution < -0.4 is 0 Å². The molecule has 0 unspecified atom stereocenters. The Morgan fingerprint density at radius 3 is 2.86 bits per heavy atom. The van der Waals surface area contributed by atoms with Crippen molar-refractivity contribution in [3.8, 4) is 0 Å². The van der Waals surface area contributed by atoms with E-state index in [0.717, 1.165) is 0 Å². The summed E-state index contributed by atoms with van der Waals surface area (Å²) >= 11 is 3.16. The van der Waals surface area contributed by atoms with E-state index in [0.29, 0.717) is 15.4 Å². The molecule has 0 aliphatic heterocycles. The van der Waals surface area contributed by atoms with Gasteiger partial charge in [-0.2, -0.15) is 0 Å².